The monoisotopic (exact) mass is 401 g/mol. The number of aryl methyl sites for hydroxylation is 1. The van der Waals surface area contributed by atoms with Gasteiger partial charge in [0.2, 0.25) is 15.9 Å². The van der Waals surface area contributed by atoms with Crippen molar-refractivity contribution in [2.24, 2.45) is 0 Å². The number of sulfonamides is 1. The Morgan fingerprint density at radius 1 is 1.04 bits per heavy atom. The average Bonchev–Trinajstić information content (AvgIpc) is 3.07. The molecule has 7 heteroatoms. The number of nitrogens with zero attached hydrogens (tertiary/aromatic N) is 3. The first-order valence-electron chi connectivity index (χ1n) is 9.34. The van der Waals surface area contributed by atoms with E-state index in [1.807, 2.05) is 50.2 Å². The summed E-state index contributed by atoms with van der Waals surface area (Å²) in [5, 5.41) is 0. The molecule has 0 N–H and O–H groups in total. The second-order valence-corrected chi connectivity index (χ2v) is 9.46. The summed E-state index contributed by atoms with van der Waals surface area (Å²) in [5.41, 5.74) is 3.58. The van der Waals surface area contributed by atoms with Crippen LogP contribution in [-0.2, 0) is 21.4 Å². The van der Waals surface area contributed by atoms with Crippen LogP contribution in [0, 0.1) is 6.92 Å². The van der Waals surface area contributed by atoms with Crippen molar-refractivity contribution in [1.82, 2.24) is 4.31 Å². The molecule has 0 aliphatic carbocycles. The highest BCUT2D eigenvalue weighted by Gasteiger charge is 2.26. The Hall–Kier alpha value is -2.38. The Morgan fingerprint density at radius 2 is 1.71 bits per heavy atom. The molecule has 6 nitrogen and oxygen atoms in total. The summed E-state index contributed by atoms with van der Waals surface area (Å²) in [6, 6.07) is 12.8. The molecule has 0 aromatic heterocycles. The third-order valence-electron chi connectivity index (χ3n) is 5.10. The second kappa shape index (κ2) is 7.93. The number of carbonyl (C=O) groups is 1. The van der Waals surface area contributed by atoms with E-state index < -0.39 is 10.0 Å². The molecular formula is C21H27N3O3S. The van der Waals surface area contributed by atoms with Gasteiger partial charge in [0.15, 0.2) is 0 Å². The fourth-order valence-corrected chi connectivity index (χ4v) is 4.66. The fraction of sp³-hybridized carbons (Fsp3) is 0.381. The summed E-state index contributed by atoms with van der Waals surface area (Å²) in [6.45, 7) is 2.83. The van der Waals surface area contributed by atoms with E-state index in [1.165, 1.54) is 4.31 Å². The predicted molar refractivity (Wildman–Crippen MR) is 112 cm³/mol. The van der Waals surface area contributed by atoms with Gasteiger partial charge in [0.05, 0.1) is 4.90 Å². The van der Waals surface area contributed by atoms with E-state index in [4.69, 9.17) is 0 Å². The van der Waals surface area contributed by atoms with Crippen LogP contribution >= 0.6 is 0 Å². The van der Waals surface area contributed by atoms with Crippen molar-refractivity contribution in [2.45, 2.75) is 31.2 Å². The highest BCUT2D eigenvalue weighted by atomic mass is 32.2. The minimum Gasteiger partial charge on any atom is -0.378 e. The van der Waals surface area contributed by atoms with Gasteiger partial charge in [-0.15, -0.1) is 0 Å². The van der Waals surface area contributed by atoms with Gasteiger partial charge in [-0.3, -0.25) is 4.79 Å². The van der Waals surface area contributed by atoms with E-state index in [0.29, 0.717) is 19.5 Å². The van der Waals surface area contributed by atoms with E-state index in [1.54, 1.807) is 30.1 Å². The number of carbonyl (C=O) groups excluding carboxylic acids is 1. The number of hydrogen-bond donors (Lipinski definition) is 0. The van der Waals surface area contributed by atoms with E-state index in [-0.39, 0.29) is 10.8 Å². The van der Waals surface area contributed by atoms with Crippen LogP contribution in [0.5, 0.6) is 0 Å². The normalized spacial score (nSPS) is 14.8. The lowest BCUT2D eigenvalue weighted by molar-refractivity contribution is -0.117. The molecule has 150 valence electrons. The Bertz CT molecular complexity index is 969. The minimum absolute atomic E-state index is 0.0944. The third kappa shape index (κ3) is 4.05. The molecule has 0 spiro atoms. The molecule has 1 amide bonds. The van der Waals surface area contributed by atoms with Gasteiger partial charge < -0.3 is 9.80 Å². The summed E-state index contributed by atoms with van der Waals surface area (Å²) in [7, 11) is 1.90. The molecular weight excluding hydrogens is 374 g/mol. The predicted octanol–water partition coefficient (Wildman–Crippen LogP) is 3.01. The van der Waals surface area contributed by atoms with E-state index in [9.17, 15) is 13.2 Å². The Kier molecular flexibility index (Phi) is 5.76. The molecule has 0 saturated carbocycles. The number of rotatable bonds is 6. The van der Waals surface area contributed by atoms with Crippen LogP contribution in [0.4, 0.5) is 11.4 Å². The van der Waals surface area contributed by atoms with Crippen LogP contribution < -0.4 is 9.80 Å². The van der Waals surface area contributed by atoms with Crippen LogP contribution in [0.15, 0.2) is 47.4 Å². The molecule has 3 rings (SSSR count). The number of amides is 1. The highest BCUT2D eigenvalue weighted by molar-refractivity contribution is 7.89. The SMILES string of the molecule is Cc1cc(S(=O)(=O)N(C)Cc2ccc(N(C)C)cc2)ccc1N1CCCC1=O. The zero-order valence-corrected chi connectivity index (χ0v) is 17.7. The molecule has 2 aromatic rings. The largest absolute Gasteiger partial charge is 0.378 e. The molecule has 0 atom stereocenters. The molecule has 2 aromatic carbocycles. The van der Waals surface area contributed by atoms with E-state index >= 15 is 0 Å². The molecule has 0 bridgehead atoms. The summed E-state index contributed by atoms with van der Waals surface area (Å²) in [4.78, 5) is 16.0. The average molecular weight is 402 g/mol. The van der Waals surface area contributed by atoms with Crippen molar-refractivity contribution < 1.29 is 13.2 Å². The van der Waals surface area contributed by atoms with Gasteiger partial charge in [0, 0.05) is 52.0 Å². The smallest absolute Gasteiger partial charge is 0.243 e. The van der Waals surface area contributed by atoms with Gasteiger partial charge in [-0.2, -0.15) is 4.31 Å². The lowest BCUT2D eigenvalue weighted by Gasteiger charge is -2.21. The first-order valence-corrected chi connectivity index (χ1v) is 10.8. The van der Waals surface area contributed by atoms with Crippen molar-refractivity contribution >= 4 is 27.3 Å². The zero-order valence-electron chi connectivity index (χ0n) is 16.8. The van der Waals surface area contributed by atoms with E-state index in [0.717, 1.165) is 28.9 Å². The summed E-state index contributed by atoms with van der Waals surface area (Å²) in [5.74, 6) is 0.0944. The van der Waals surface area contributed by atoms with Crippen LogP contribution in [0.25, 0.3) is 0 Å². The number of hydrogen-bond acceptors (Lipinski definition) is 4. The van der Waals surface area contributed by atoms with Crippen LogP contribution in [0.1, 0.15) is 24.0 Å². The maximum atomic E-state index is 13.0. The molecule has 0 radical (unpaired) electrons. The number of anilines is 2. The Balaban J connectivity index is 1.79. The van der Waals surface area contributed by atoms with Gasteiger partial charge in [-0.1, -0.05) is 12.1 Å². The molecule has 1 aliphatic rings. The Morgan fingerprint density at radius 3 is 2.25 bits per heavy atom. The van der Waals surface area contributed by atoms with Crippen molar-refractivity contribution in [3.05, 3.63) is 53.6 Å². The van der Waals surface area contributed by atoms with Crippen LogP contribution in [0.2, 0.25) is 0 Å². The fourth-order valence-electron chi connectivity index (χ4n) is 3.42. The lowest BCUT2D eigenvalue weighted by Crippen LogP contribution is -2.27. The third-order valence-corrected chi connectivity index (χ3v) is 6.90. The van der Waals surface area contributed by atoms with Gasteiger partial charge >= 0.3 is 0 Å². The molecule has 1 saturated heterocycles. The van der Waals surface area contributed by atoms with Gasteiger partial charge in [-0.25, -0.2) is 8.42 Å². The van der Waals surface area contributed by atoms with Gasteiger partial charge in [-0.05, 0) is 54.8 Å². The molecule has 1 heterocycles. The van der Waals surface area contributed by atoms with Crippen molar-refractivity contribution in [1.29, 1.82) is 0 Å². The minimum atomic E-state index is -3.62. The second-order valence-electron chi connectivity index (χ2n) is 7.42. The first kappa shape index (κ1) is 20.4. The van der Waals surface area contributed by atoms with Crippen molar-refractivity contribution in [3.63, 3.8) is 0 Å². The van der Waals surface area contributed by atoms with Crippen molar-refractivity contribution in [2.75, 3.05) is 37.5 Å². The molecule has 1 fully saturated rings. The van der Waals surface area contributed by atoms with Crippen LogP contribution in [0.3, 0.4) is 0 Å². The maximum absolute atomic E-state index is 13.0. The van der Waals surface area contributed by atoms with Crippen molar-refractivity contribution in [3.8, 4) is 0 Å². The van der Waals surface area contributed by atoms with Gasteiger partial charge in [0.25, 0.3) is 0 Å². The quantitative estimate of drug-likeness (QED) is 0.747. The maximum Gasteiger partial charge on any atom is 0.243 e. The topological polar surface area (TPSA) is 60.9 Å². The molecule has 1 aliphatic heterocycles. The lowest BCUT2D eigenvalue weighted by atomic mass is 10.2. The van der Waals surface area contributed by atoms with E-state index in [2.05, 4.69) is 0 Å². The summed E-state index contributed by atoms with van der Waals surface area (Å²) in [6.07, 6.45) is 1.39. The summed E-state index contributed by atoms with van der Waals surface area (Å²) < 4.78 is 27.4. The standard InChI is InChI=1S/C21H27N3O3S/c1-16-14-19(11-12-20(16)24-13-5-6-21(24)25)28(26,27)23(4)15-17-7-9-18(10-8-17)22(2)3/h7-12,14H,5-6,13,15H2,1-4H3. The Labute approximate surface area is 167 Å². The molecule has 0 unspecified atom stereocenters. The highest BCUT2D eigenvalue weighted by Crippen LogP contribution is 2.28. The molecule has 28 heavy (non-hydrogen) atoms. The summed E-state index contributed by atoms with van der Waals surface area (Å²) >= 11 is 0. The number of benzene rings is 2. The first-order chi connectivity index (χ1) is 13.2. The van der Waals surface area contributed by atoms with Gasteiger partial charge in [0.1, 0.15) is 0 Å². The van der Waals surface area contributed by atoms with Crippen LogP contribution in [-0.4, -0.2) is 46.3 Å². The zero-order chi connectivity index (χ0) is 20.5.